The number of hydrogen-bond donors (Lipinski definition) is 0. The Kier molecular flexibility index (Phi) is 2.80. The lowest BCUT2D eigenvalue weighted by atomic mass is 10.2. The lowest BCUT2D eigenvalue weighted by Gasteiger charge is -2.16. The van der Waals surface area contributed by atoms with Crippen molar-refractivity contribution in [3.8, 4) is 6.07 Å². The summed E-state index contributed by atoms with van der Waals surface area (Å²) in [6.45, 7) is 5.78. The molecule has 0 aromatic carbocycles. The third-order valence-corrected chi connectivity index (χ3v) is 0.564. The minimum Gasteiger partial charge on any atom is -0.495 e. The van der Waals surface area contributed by atoms with Gasteiger partial charge in [0.05, 0.1) is 24.0 Å². The molecule has 0 fully saturated rings. The number of nitriles is 1. The topological polar surface area (TPSA) is 33.0 Å². The molecule has 0 amide bonds. The van der Waals surface area contributed by atoms with Crippen LogP contribution >= 0.6 is 0 Å². The highest BCUT2D eigenvalue weighted by Crippen LogP contribution is 2.05. The van der Waals surface area contributed by atoms with E-state index in [2.05, 4.69) is 0 Å². The van der Waals surface area contributed by atoms with Crippen molar-refractivity contribution < 1.29 is 4.74 Å². The lowest BCUT2D eigenvalue weighted by Crippen LogP contribution is -2.14. The van der Waals surface area contributed by atoms with Gasteiger partial charge in [-0.05, 0) is 20.8 Å². The average molecular weight is 125 g/mol. The van der Waals surface area contributed by atoms with E-state index in [9.17, 15) is 0 Å². The molecule has 0 aromatic heterocycles. The second kappa shape index (κ2) is 3.13. The molecular formula is C7H11NO. The van der Waals surface area contributed by atoms with Crippen molar-refractivity contribution in [2.45, 2.75) is 26.4 Å². The molecule has 0 aliphatic carbocycles. The van der Waals surface area contributed by atoms with Crippen LogP contribution in [0.3, 0.4) is 0 Å². The van der Waals surface area contributed by atoms with E-state index in [1.807, 2.05) is 26.8 Å². The van der Waals surface area contributed by atoms with Crippen LogP contribution in [0.4, 0.5) is 0 Å². The molecule has 0 saturated carbocycles. The van der Waals surface area contributed by atoms with Gasteiger partial charge in [-0.2, -0.15) is 5.26 Å². The first kappa shape index (κ1) is 8.03. The molecule has 0 unspecified atom stereocenters. The van der Waals surface area contributed by atoms with Crippen LogP contribution in [0, 0.1) is 11.3 Å². The monoisotopic (exact) mass is 125 g/mol. The second-order valence-electron chi connectivity index (χ2n) is 2.66. The number of rotatable bonds is 1. The van der Waals surface area contributed by atoms with Crippen LogP contribution in [-0.4, -0.2) is 5.60 Å². The molecule has 2 nitrogen and oxygen atoms in total. The van der Waals surface area contributed by atoms with Crippen LogP contribution in [0.2, 0.25) is 0 Å². The third kappa shape index (κ3) is 7.03. The summed E-state index contributed by atoms with van der Waals surface area (Å²) in [7, 11) is 0. The number of ether oxygens (including phenoxy) is 1. The van der Waals surface area contributed by atoms with E-state index < -0.39 is 0 Å². The van der Waals surface area contributed by atoms with E-state index in [4.69, 9.17) is 10.00 Å². The average Bonchev–Trinajstić information content (AvgIpc) is 1.63. The summed E-state index contributed by atoms with van der Waals surface area (Å²) in [6, 6.07) is 1.83. The Labute approximate surface area is 55.7 Å². The second-order valence-corrected chi connectivity index (χ2v) is 2.66. The minimum atomic E-state index is -0.187. The summed E-state index contributed by atoms with van der Waals surface area (Å²) in [6.07, 6.45) is 2.71. The molecule has 0 N–H and O–H groups in total. The summed E-state index contributed by atoms with van der Waals surface area (Å²) in [5.74, 6) is 0. The minimum absolute atomic E-state index is 0.187. The zero-order valence-electron chi connectivity index (χ0n) is 6.01. The summed E-state index contributed by atoms with van der Waals surface area (Å²) < 4.78 is 5.07. The fraction of sp³-hybridized carbons (Fsp3) is 0.571. The van der Waals surface area contributed by atoms with E-state index in [-0.39, 0.29) is 5.60 Å². The van der Waals surface area contributed by atoms with Crippen molar-refractivity contribution in [3.05, 3.63) is 12.3 Å². The van der Waals surface area contributed by atoms with Crippen molar-refractivity contribution in [2.75, 3.05) is 0 Å². The maximum absolute atomic E-state index is 8.05. The first-order valence-corrected chi connectivity index (χ1v) is 2.79. The Bertz CT molecular complexity index is 136. The smallest absolute Gasteiger partial charge is 0.0998 e. The predicted molar refractivity (Wildman–Crippen MR) is 35.6 cm³/mol. The van der Waals surface area contributed by atoms with Crippen molar-refractivity contribution in [1.82, 2.24) is 0 Å². The summed E-state index contributed by atoms with van der Waals surface area (Å²) >= 11 is 0. The van der Waals surface area contributed by atoms with Gasteiger partial charge in [0.25, 0.3) is 0 Å². The van der Waals surface area contributed by atoms with Crippen molar-refractivity contribution in [1.29, 1.82) is 5.26 Å². The van der Waals surface area contributed by atoms with Gasteiger partial charge in [0.2, 0.25) is 0 Å². The van der Waals surface area contributed by atoms with Crippen LogP contribution < -0.4 is 0 Å². The fourth-order valence-corrected chi connectivity index (χ4v) is 0.269. The Balaban J connectivity index is 3.54. The third-order valence-electron chi connectivity index (χ3n) is 0.564. The molecular weight excluding hydrogens is 114 g/mol. The van der Waals surface area contributed by atoms with Crippen molar-refractivity contribution in [3.63, 3.8) is 0 Å². The van der Waals surface area contributed by atoms with Gasteiger partial charge < -0.3 is 4.74 Å². The van der Waals surface area contributed by atoms with Gasteiger partial charge in [-0.15, -0.1) is 0 Å². The Morgan fingerprint density at radius 2 is 2.00 bits per heavy atom. The zero-order chi connectivity index (χ0) is 7.33. The van der Waals surface area contributed by atoms with Gasteiger partial charge in [-0.1, -0.05) is 0 Å². The molecule has 0 saturated heterocycles. The SMILES string of the molecule is CC(C)(C)OC=CC#N. The van der Waals surface area contributed by atoms with Gasteiger partial charge in [-0.3, -0.25) is 0 Å². The van der Waals surface area contributed by atoms with Gasteiger partial charge in [0.15, 0.2) is 0 Å². The number of allylic oxidation sites excluding steroid dienone is 1. The normalized spacial score (nSPS) is 11.3. The largest absolute Gasteiger partial charge is 0.495 e. The van der Waals surface area contributed by atoms with E-state index >= 15 is 0 Å². The molecule has 0 heterocycles. The molecule has 0 aliphatic rings. The van der Waals surface area contributed by atoms with Gasteiger partial charge in [0.1, 0.15) is 0 Å². The van der Waals surface area contributed by atoms with Crippen LogP contribution in [0.5, 0.6) is 0 Å². The van der Waals surface area contributed by atoms with Crippen LogP contribution in [0.25, 0.3) is 0 Å². The summed E-state index contributed by atoms with van der Waals surface area (Å²) in [5, 5.41) is 8.05. The van der Waals surface area contributed by atoms with Crippen LogP contribution in [0.15, 0.2) is 12.3 Å². The van der Waals surface area contributed by atoms with E-state index in [0.29, 0.717) is 0 Å². The standard InChI is InChI=1S/C7H11NO/c1-7(2,3)9-6-4-5-8/h4,6H,1-3H3. The maximum Gasteiger partial charge on any atom is 0.0998 e. The Morgan fingerprint density at radius 3 is 2.33 bits per heavy atom. The van der Waals surface area contributed by atoms with E-state index in [0.717, 1.165) is 0 Å². The van der Waals surface area contributed by atoms with Gasteiger partial charge in [-0.25, -0.2) is 0 Å². The maximum atomic E-state index is 8.05. The molecule has 2 heteroatoms. The first-order valence-electron chi connectivity index (χ1n) is 2.79. The highest BCUT2D eigenvalue weighted by molar-refractivity contribution is 4.98. The highest BCUT2D eigenvalue weighted by Gasteiger charge is 2.06. The Hall–Kier alpha value is -0.970. The van der Waals surface area contributed by atoms with E-state index in [1.165, 1.54) is 12.3 Å². The van der Waals surface area contributed by atoms with Gasteiger partial charge in [0, 0.05) is 0 Å². The van der Waals surface area contributed by atoms with Crippen LogP contribution in [-0.2, 0) is 4.74 Å². The fourth-order valence-electron chi connectivity index (χ4n) is 0.269. The quantitative estimate of drug-likeness (QED) is 0.395. The molecule has 0 aromatic rings. The van der Waals surface area contributed by atoms with Gasteiger partial charge >= 0.3 is 0 Å². The summed E-state index contributed by atoms with van der Waals surface area (Å²) in [5.41, 5.74) is -0.187. The zero-order valence-corrected chi connectivity index (χ0v) is 6.01. The molecule has 9 heavy (non-hydrogen) atoms. The molecule has 0 bridgehead atoms. The number of nitrogens with zero attached hydrogens (tertiary/aromatic N) is 1. The highest BCUT2D eigenvalue weighted by atomic mass is 16.5. The lowest BCUT2D eigenvalue weighted by molar-refractivity contribution is 0.0768. The molecule has 0 radical (unpaired) electrons. The number of hydrogen-bond acceptors (Lipinski definition) is 2. The summed E-state index contributed by atoms with van der Waals surface area (Å²) in [4.78, 5) is 0. The first-order chi connectivity index (χ1) is 4.06. The molecule has 0 rings (SSSR count). The molecule has 0 spiro atoms. The Morgan fingerprint density at radius 1 is 1.44 bits per heavy atom. The molecule has 50 valence electrons. The van der Waals surface area contributed by atoms with E-state index in [1.54, 1.807) is 0 Å². The molecule has 0 aliphatic heterocycles. The molecule has 0 atom stereocenters. The van der Waals surface area contributed by atoms with Crippen molar-refractivity contribution in [2.24, 2.45) is 0 Å². The van der Waals surface area contributed by atoms with Crippen molar-refractivity contribution >= 4 is 0 Å². The van der Waals surface area contributed by atoms with Crippen LogP contribution in [0.1, 0.15) is 20.8 Å². The predicted octanol–water partition coefficient (Wildman–Crippen LogP) is 1.84.